The van der Waals surface area contributed by atoms with E-state index < -0.39 is 31.9 Å². The molecule has 1 unspecified atom stereocenters. The van der Waals surface area contributed by atoms with Crippen LogP contribution in [0.5, 0.6) is 11.5 Å². The molecule has 0 aromatic heterocycles. The third kappa shape index (κ3) is 8.76. The average Bonchev–Trinajstić information content (AvgIpc) is 2.97. The van der Waals surface area contributed by atoms with E-state index >= 15 is 0 Å². The molecule has 0 aliphatic carbocycles. The van der Waals surface area contributed by atoms with Gasteiger partial charge in [-0.15, -0.1) is 0 Å². The fourth-order valence-corrected chi connectivity index (χ4v) is 5.50. The number of amides is 2. The summed E-state index contributed by atoms with van der Waals surface area (Å²) in [5, 5.41) is 5.18. The molecular formula is C30H29N2O6P. The van der Waals surface area contributed by atoms with Crippen molar-refractivity contribution in [3.8, 4) is 11.5 Å². The number of hydrogen-bond donors (Lipinski definition) is 2. The van der Waals surface area contributed by atoms with Gasteiger partial charge in [0.2, 0.25) is 5.91 Å². The Hall–Kier alpha value is -4.55. The lowest BCUT2D eigenvalue weighted by molar-refractivity contribution is -0.120. The largest absolute Gasteiger partial charge is 0.453 e. The first-order valence-corrected chi connectivity index (χ1v) is 14.0. The average molecular weight is 545 g/mol. The summed E-state index contributed by atoms with van der Waals surface area (Å²) < 4.78 is 31.5. The summed E-state index contributed by atoms with van der Waals surface area (Å²) in [6, 6.07) is 35.7. The zero-order valence-corrected chi connectivity index (χ0v) is 22.0. The fourth-order valence-electron chi connectivity index (χ4n) is 3.65. The van der Waals surface area contributed by atoms with Gasteiger partial charge < -0.3 is 24.4 Å². The van der Waals surface area contributed by atoms with Crippen molar-refractivity contribution in [3.05, 3.63) is 132 Å². The van der Waals surface area contributed by atoms with E-state index in [4.69, 9.17) is 13.8 Å². The molecule has 0 heterocycles. The van der Waals surface area contributed by atoms with Gasteiger partial charge in [-0.1, -0.05) is 97.1 Å². The van der Waals surface area contributed by atoms with Crippen molar-refractivity contribution in [3.63, 3.8) is 0 Å². The highest BCUT2D eigenvalue weighted by Crippen LogP contribution is 2.52. The van der Waals surface area contributed by atoms with Crippen molar-refractivity contribution >= 4 is 19.6 Å². The SMILES string of the molecule is O=C(CNC(=O)OCc1ccccc1)NC(Cc1ccccc1)P(=O)(Oc1ccccc1)Oc1ccccc1. The van der Waals surface area contributed by atoms with Crippen LogP contribution in [-0.2, 0) is 27.1 Å². The molecule has 0 radical (unpaired) electrons. The zero-order chi connectivity index (χ0) is 27.3. The highest BCUT2D eigenvalue weighted by molar-refractivity contribution is 7.55. The van der Waals surface area contributed by atoms with Crippen LogP contribution < -0.4 is 19.7 Å². The van der Waals surface area contributed by atoms with Crippen LogP contribution in [0.15, 0.2) is 121 Å². The molecule has 4 aromatic rings. The number of hydrogen-bond acceptors (Lipinski definition) is 6. The molecular weight excluding hydrogens is 515 g/mol. The lowest BCUT2D eigenvalue weighted by Gasteiger charge is -2.28. The molecule has 39 heavy (non-hydrogen) atoms. The van der Waals surface area contributed by atoms with E-state index in [0.29, 0.717) is 11.5 Å². The summed E-state index contributed by atoms with van der Waals surface area (Å²) in [4.78, 5) is 25.1. The van der Waals surface area contributed by atoms with E-state index in [0.717, 1.165) is 11.1 Å². The summed E-state index contributed by atoms with van der Waals surface area (Å²) >= 11 is 0. The van der Waals surface area contributed by atoms with Crippen molar-refractivity contribution in [1.29, 1.82) is 0 Å². The minimum Gasteiger partial charge on any atom is -0.445 e. The number of alkyl carbamates (subject to hydrolysis) is 1. The Morgan fingerprint density at radius 1 is 0.667 bits per heavy atom. The van der Waals surface area contributed by atoms with Gasteiger partial charge in [0.15, 0.2) is 5.78 Å². The lowest BCUT2D eigenvalue weighted by Crippen LogP contribution is -2.44. The molecule has 2 N–H and O–H groups in total. The Morgan fingerprint density at radius 2 is 1.13 bits per heavy atom. The number of carbonyl (C=O) groups is 2. The highest BCUT2D eigenvalue weighted by atomic mass is 31.2. The van der Waals surface area contributed by atoms with Crippen molar-refractivity contribution in [2.45, 2.75) is 18.8 Å². The van der Waals surface area contributed by atoms with Crippen LogP contribution in [0.1, 0.15) is 11.1 Å². The van der Waals surface area contributed by atoms with Gasteiger partial charge in [-0.25, -0.2) is 9.36 Å². The predicted molar refractivity (Wildman–Crippen MR) is 148 cm³/mol. The maximum Gasteiger partial charge on any atom is 0.453 e. The quantitative estimate of drug-likeness (QED) is 0.214. The van der Waals surface area contributed by atoms with E-state index in [1.54, 1.807) is 48.5 Å². The van der Waals surface area contributed by atoms with Gasteiger partial charge in [-0.3, -0.25) is 4.79 Å². The van der Waals surface area contributed by atoms with Gasteiger partial charge in [0, 0.05) is 6.42 Å². The summed E-state index contributed by atoms with van der Waals surface area (Å²) in [6.07, 6.45) is -0.597. The molecule has 4 aromatic carbocycles. The van der Waals surface area contributed by atoms with E-state index in [9.17, 15) is 14.2 Å². The highest BCUT2D eigenvalue weighted by Gasteiger charge is 2.40. The third-order valence-corrected chi connectivity index (χ3v) is 7.54. The molecule has 9 heteroatoms. The standard InChI is InChI=1S/C30H29N2O6P/c33-28(22-31-30(34)36-23-25-15-7-2-8-16-25)32-29(21-24-13-5-1-6-14-24)39(35,37-26-17-9-3-10-18-26)38-27-19-11-4-12-20-27/h1-20,29H,21-23H2,(H,31,34)(H,32,33). The molecule has 0 fully saturated rings. The van der Waals surface area contributed by atoms with Gasteiger partial charge in [-0.2, -0.15) is 0 Å². The number of ether oxygens (including phenoxy) is 1. The van der Waals surface area contributed by atoms with E-state index in [2.05, 4.69) is 10.6 Å². The van der Waals surface area contributed by atoms with Crippen LogP contribution in [0.3, 0.4) is 0 Å². The maximum atomic E-state index is 14.4. The molecule has 0 aliphatic heterocycles. The molecule has 0 bridgehead atoms. The van der Waals surface area contributed by atoms with Crippen LogP contribution in [0.2, 0.25) is 0 Å². The monoisotopic (exact) mass is 544 g/mol. The molecule has 8 nitrogen and oxygen atoms in total. The number of benzene rings is 4. The van der Waals surface area contributed by atoms with Crippen molar-refractivity contribution < 1.29 is 27.9 Å². The Bertz CT molecular complexity index is 1330. The minimum atomic E-state index is -4.07. The molecule has 0 saturated carbocycles. The van der Waals surface area contributed by atoms with Crippen LogP contribution in [0, 0.1) is 0 Å². The smallest absolute Gasteiger partial charge is 0.445 e. The van der Waals surface area contributed by atoms with Crippen LogP contribution >= 0.6 is 7.60 Å². The molecule has 0 spiro atoms. The molecule has 200 valence electrons. The Balaban J connectivity index is 1.50. The number of nitrogens with one attached hydrogen (secondary N) is 2. The van der Waals surface area contributed by atoms with E-state index in [1.807, 2.05) is 72.8 Å². The summed E-state index contributed by atoms with van der Waals surface area (Å²) in [6.45, 7) is -0.328. The molecule has 0 saturated heterocycles. The maximum absolute atomic E-state index is 14.4. The number of rotatable bonds is 12. The molecule has 2 amide bonds. The van der Waals surface area contributed by atoms with E-state index in [-0.39, 0.29) is 13.0 Å². The third-order valence-electron chi connectivity index (χ3n) is 5.54. The van der Waals surface area contributed by atoms with E-state index in [1.165, 1.54) is 0 Å². The van der Waals surface area contributed by atoms with Crippen LogP contribution in [0.4, 0.5) is 4.79 Å². The Morgan fingerprint density at radius 3 is 1.64 bits per heavy atom. The van der Waals surface area contributed by atoms with Crippen LogP contribution in [-0.4, -0.2) is 24.3 Å². The summed E-state index contributed by atoms with van der Waals surface area (Å²) in [5.41, 5.74) is 1.63. The molecule has 4 rings (SSSR count). The molecule has 0 aliphatic rings. The summed E-state index contributed by atoms with van der Waals surface area (Å²) in [5.74, 6) is -1.01. The van der Waals surface area contributed by atoms with Gasteiger partial charge >= 0.3 is 13.7 Å². The predicted octanol–water partition coefficient (Wildman–Crippen LogP) is 5.95. The Labute approximate surface area is 227 Å². The van der Waals surface area contributed by atoms with Gasteiger partial charge in [0.1, 0.15) is 24.7 Å². The first kappa shape index (κ1) is 27.5. The van der Waals surface area contributed by atoms with Gasteiger partial charge in [0.05, 0.1) is 0 Å². The normalized spacial score (nSPS) is 11.6. The first-order valence-electron chi connectivity index (χ1n) is 12.4. The van der Waals surface area contributed by atoms with Gasteiger partial charge in [-0.05, 0) is 35.4 Å². The first-order chi connectivity index (χ1) is 19.0. The minimum absolute atomic E-state index is 0.0654. The zero-order valence-electron chi connectivity index (χ0n) is 21.1. The number of para-hydroxylation sites is 2. The van der Waals surface area contributed by atoms with Gasteiger partial charge in [0.25, 0.3) is 0 Å². The summed E-state index contributed by atoms with van der Waals surface area (Å²) in [7, 11) is -4.07. The Kier molecular flexibility index (Phi) is 9.75. The second-order valence-electron chi connectivity index (χ2n) is 8.54. The fraction of sp³-hybridized carbons (Fsp3) is 0.133. The van der Waals surface area contributed by atoms with Crippen molar-refractivity contribution in [2.24, 2.45) is 0 Å². The second kappa shape index (κ2) is 13.8. The number of carbonyl (C=O) groups excluding carboxylic acids is 2. The molecule has 1 atom stereocenters. The van der Waals surface area contributed by atoms with Crippen molar-refractivity contribution in [2.75, 3.05) is 6.54 Å². The van der Waals surface area contributed by atoms with Crippen molar-refractivity contribution in [1.82, 2.24) is 10.6 Å². The van der Waals surface area contributed by atoms with Crippen LogP contribution in [0.25, 0.3) is 0 Å². The topological polar surface area (TPSA) is 103 Å². The second-order valence-corrected chi connectivity index (χ2v) is 10.6. The lowest BCUT2D eigenvalue weighted by atomic mass is 10.1.